The molecule has 1 saturated carbocycles. The van der Waals surface area contributed by atoms with Crippen LogP contribution in [0, 0.1) is 11.7 Å². The van der Waals surface area contributed by atoms with Crippen molar-refractivity contribution >= 4 is 11.9 Å². The lowest BCUT2D eigenvalue weighted by molar-refractivity contribution is -0.132. The van der Waals surface area contributed by atoms with Crippen molar-refractivity contribution in [1.29, 1.82) is 0 Å². The van der Waals surface area contributed by atoms with E-state index in [2.05, 4.69) is 15.3 Å². The van der Waals surface area contributed by atoms with E-state index in [1.165, 1.54) is 0 Å². The summed E-state index contributed by atoms with van der Waals surface area (Å²) in [7, 11) is 0. The lowest BCUT2D eigenvalue weighted by Gasteiger charge is -2.33. The van der Waals surface area contributed by atoms with E-state index in [0.29, 0.717) is 31.9 Å². The third-order valence-electron chi connectivity index (χ3n) is 4.07. The molecule has 7 heteroatoms. The predicted octanol–water partition coefficient (Wildman–Crippen LogP) is 0.472. The highest BCUT2D eigenvalue weighted by atomic mass is 19.1. The molecule has 21 heavy (non-hydrogen) atoms. The van der Waals surface area contributed by atoms with Crippen molar-refractivity contribution in [1.82, 2.24) is 15.3 Å². The molecule has 2 fully saturated rings. The molecule has 114 valence electrons. The summed E-state index contributed by atoms with van der Waals surface area (Å²) in [6.45, 7) is 1.31. The highest BCUT2D eigenvalue weighted by Crippen LogP contribution is 2.25. The molecule has 0 radical (unpaired) electrons. The Morgan fingerprint density at radius 2 is 1.90 bits per heavy atom. The molecule has 6 nitrogen and oxygen atoms in total. The summed E-state index contributed by atoms with van der Waals surface area (Å²) >= 11 is 0. The summed E-state index contributed by atoms with van der Waals surface area (Å²) in [4.78, 5) is 21.7. The van der Waals surface area contributed by atoms with Gasteiger partial charge >= 0.3 is 0 Å². The first-order chi connectivity index (χ1) is 10.1. The topological polar surface area (TPSA) is 78.4 Å². The number of rotatable bonds is 4. The van der Waals surface area contributed by atoms with Crippen LogP contribution in [-0.2, 0) is 4.79 Å². The highest BCUT2D eigenvalue weighted by molar-refractivity contribution is 5.81. The largest absolute Gasteiger partial charge is 0.383 e. The second kappa shape index (κ2) is 5.93. The van der Waals surface area contributed by atoms with E-state index in [0.717, 1.165) is 25.2 Å². The van der Waals surface area contributed by atoms with E-state index in [4.69, 9.17) is 0 Å². The van der Waals surface area contributed by atoms with Gasteiger partial charge in [-0.05, 0) is 31.6 Å². The van der Waals surface area contributed by atoms with Crippen molar-refractivity contribution in [2.24, 2.45) is 5.92 Å². The predicted molar refractivity (Wildman–Crippen MR) is 74.1 cm³/mol. The van der Waals surface area contributed by atoms with Gasteiger partial charge in [-0.3, -0.25) is 4.79 Å². The van der Waals surface area contributed by atoms with Gasteiger partial charge in [-0.1, -0.05) is 0 Å². The van der Waals surface area contributed by atoms with Crippen molar-refractivity contribution in [3.05, 3.63) is 18.2 Å². The summed E-state index contributed by atoms with van der Waals surface area (Å²) in [5, 5.41) is 12.9. The summed E-state index contributed by atoms with van der Waals surface area (Å²) < 4.78 is 12.8. The molecule has 3 rings (SSSR count). The van der Waals surface area contributed by atoms with Crippen molar-refractivity contribution in [3.8, 4) is 0 Å². The number of aliphatic hydroxyl groups is 1. The van der Waals surface area contributed by atoms with Gasteiger partial charge in [0.15, 0.2) is 5.82 Å². The number of aromatic nitrogens is 2. The number of anilines is 1. The van der Waals surface area contributed by atoms with E-state index < -0.39 is 11.9 Å². The molecule has 1 saturated heterocycles. The van der Waals surface area contributed by atoms with Crippen LogP contribution in [0.2, 0.25) is 0 Å². The van der Waals surface area contributed by atoms with E-state index in [9.17, 15) is 14.3 Å². The Bertz CT molecular complexity index is 498. The van der Waals surface area contributed by atoms with Crippen molar-refractivity contribution in [2.75, 3.05) is 18.0 Å². The molecule has 2 heterocycles. The van der Waals surface area contributed by atoms with E-state index in [-0.39, 0.29) is 17.9 Å². The number of aliphatic hydroxyl groups excluding tert-OH is 1. The molecule has 0 spiro atoms. The van der Waals surface area contributed by atoms with E-state index in [1.807, 2.05) is 4.90 Å². The Kier molecular flexibility index (Phi) is 4.01. The fourth-order valence-electron chi connectivity index (χ4n) is 2.61. The molecule has 2 N–H and O–H groups in total. The Morgan fingerprint density at radius 3 is 2.48 bits per heavy atom. The minimum Gasteiger partial charge on any atom is -0.383 e. The van der Waals surface area contributed by atoms with Crippen LogP contribution in [0.5, 0.6) is 0 Å². The van der Waals surface area contributed by atoms with Crippen molar-refractivity contribution in [2.45, 2.75) is 37.8 Å². The number of halogens is 1. The first-order valence-electron chi connectivity index (χ1n) is 7.34. The average Bonchev–Trinajstić information content (AvgIpc) is 3.31. The first kappa shape index (κ1) is 14.2. The van der Waals surface area contributed by atoms with Crippen molar-refractivity contribution < 1.29 is 14.3 Å². The van der Waals surface area contributed by atoms with Crippen molar-refractivity contribution in [3.63, 3.8) is 0 Å². The number of hydrogen-bond acceptors (Lipinski definition) is 5. The smallest absolute Gasteiger partial charge is 0.249 e. The Morgan fingerprint density at radius 1 is 1.29 bits per heavy atom. The van der Waals surface area contributed by atoms with Crippen LogP contribution >= 0.6 is 0 Å². The van der Waals surface area contributed by atoms with Gasteiger partial charge in [0, 0.05) is 19.1 Å². The van der Waals surface area contributed by atoms with E-state index >= 15 is 0 Å². The summed E-state index contributed by atoms with van der Waals surface area (Å²) in [6.07, 6.45) is 4.76. The van der Waals surface area contributed by atoms with Crippen LogP contribution < -0.4 is 10.2 Å². The third kappa shape index (κ3) is 3.47. The number of piperidine rings is 1. The Labute approximate surface area is 122 Å². The Hall–Kier alpha value is -1.76. The lowest BCUT2D eigenvalue weighted by atomic mass is 9.91. The molecule has 1 aromatic heterocycles. The maximum Gasteiger partial charge on any atom is 0.249 e. The molecule has 0 bridgehead atoms. The SMILES string of the molecule is O=C(NC1CC1)[C@@H](O)C1CCN(c2ncc(F)cn2)CC1. The minimum absolute atomic E-state index is 0.0413. The third-order valence-corrected chi connectivity index (χ3v) is 4.07. The summed E-state index contributed by atoms with van der Waals surface area (Å²) in [6, 6.07) is 0.264. The zero-order valence-corrected chi connectivity index (χ0v) is 11.7. The van der Waals surface area contributed by atoms with Gasteiger partial charge in [0.25, 0.3) is 0 Å². The van der Waals surface area contributed by atoms with Gasteiger partial charge in [-0.15, -0.1) is 0 Å². The second-order valence-corrected chi connectivity index (χ2v) is 5.75. The van der Waals surface area contributed by atoms with Gasteiger partial charge in [0.2, 0.25) is 11.9 Å². The number of amides is 1. The normalized spacial score (nSPS) is 21.1. The van der Waals surface area contributed by atoms with Crippen LogP contribution in [0.4, 0.5) is 10.3 Å². The number of carbonyl (C=O) groups is 1. The molecular weight excluding hydrogens is 275 g/mol. The number of carbonyl (C=O) groups excluding carboxylic acids is 1. The molecule has 1 atom stereocenters. The van der Waals surface area contributed by atoms with Gasteiger partial charge in [-0.2, -0.15) is 0 Å². The number of hydrogen-bond donors (Lipinski definition) is 2. The molecular formula is C14H19FN4O2. The monoisotopic (exact) mass is 294 g/mol. The van der Waals surface area contributed by atoms with Crippen LogP contribution in [0.25, 0.3) is 0 Å². The van der Waals surface area contributed by atoms with Gasteiger partial charge in [0.1, 0.15) is 6.10 Å². The number of nitrogens with zero attached hydrogens (tertiary/aromatic N) is 3. The Balaban J connectivity index is 1.52. The number of nitrogens with one attached hydrogen (secondary N) is 1. The first-order valence-corrected chi connectivity index (χ1v) is 7.34. The maximum atomic E-state index is 12.8. The highest BCUT2D eigenvalue weighted by Gasteiger charge is 2.33. The molecule has 1 aliphatic heterocycles. The van der Waals surface area contributed by atoms with Gasteiger partial charge in [0.05, 0.1) is 12.4 Å². The van der Waals surface area contributed by atoms with Crippen LogP contribution in [0.15, 0.2) is 12.4 Å². The molecule has 2 aliphatic rings. The molecule has 0 aromatic carbocycles. The lowest BCUT2D eigenvalue weighted by Crippen LogP contribution is -2.45. The van der Waals surface area contributed by atoms with Crippen LogP contribution in [0.3, 0.4) is 0 Å². The summed E-state index contributed by atoms with van der Waals surface area (Å²) in [5.74, 6) is -0.262. The zero-order chi connectivity index (χ0) is 14.8. The van der Waals surface area contributed by atoms with Crippen LogP contribution in [-0.4, -0.2) is 46.2 Å². The fourth-order valence-corrected chi connectivity index (χ4v) is 2.61. The van der Waals surface area contributed by atoms with Gasteiger partial charge < -0.3 is 15.3 Å². The molecule has 1 aromatic rings. The average molecular weight is 294 g/mol. The van der Waals surface area contributed by atoms with Crippen LogP contribution in [0.1, 0.15) is 25.7 Å². The van der Waals surface area contributed by atoms with Gasteiger partial charge in [-0.25, -0.2) is 14.4 Å². The second-order valence-electron chi connectivity index (χ2n) is 5.75. The fraction of sp³-hybridized carbons (Fsp3) is 0.643. The quantitative estimate of drug-likeness (QED) is 0.844. The standard InChI is InChI=1S/C14H19FN4O2/c15-10-7-16-14(17-8-10)19-5-3-9(4-6-19)12(20)13(21)18-11-1-2-11/h7-9,11-12,20H,1-6H2,(H,18,21)/t12-/m0/s1. The molecule has 0 unspecified atom stereocenters. The summed E-state index contributed by atoms with van der Waals surface area (Å²) in [5.41, 5.74) is 0. The molecule has 1 amide bonds. The molecule has 1 aliphatic carbocycles. The maximum absolute atomic E-state index is 12.8. The van der Waals surface area contributed by atoms with E-state index in [1.54, 1.807) is 0 Å². The minimum atomic E-state index is -0.943. The zero-order valence-electron chi connectivity index (χ0n) is 11.7.